The molecule has 0 bridgehead atoms. The van der Waals surface area contributed by atoms with Crippen LogP contribution in [0.15, 0.2) is 77.7 Å². The predicted molar refractivity (Wildman–Crippen MR) is 153 cm³/mol. The fraction of sp³-hybridized carbons (Fsp3) is 0.323. The summed E-state index contributed by atoms with van der Waals surface area (Å²) < 4.78 is 17.8. The van der Waals surface area contributed by atoms with Crippen LogP contribution in [0.5, 0.6) is 0 Å². The molecule has 3 aromatic carbocycles. The van der Waals surface area contributed by atoms with E-state index in [2.05, 4.69) is 12.2 Å². The van der Waals surface area contributed by atoms with Crippen LogP contribution in [0.3, 0.4) is 0 Å². The van der Waals surface area contributed by atoms with E-state index < -0.39 is 30.2 Å². The van der Waals surface area contributed by atoms with Gasteiger partial charge >= 0.3 is 11.9 Å². The van der Waals surface area contributed by atoms with Gasteiger partial charge in [-0.15, -0.1) is 11.8 Å². The molecule has 9 nitrogen and oxygen atoms in total. The van der Waals surface area contributed by atoms with Crippen LogP contribution in [0, 0.1) is 5.92 Å². The van der Waals surface area contributed by atoms with Crippen molar-refractivity contribution >= 4 is 35.3 Å². The maximum atomic E-state index is 12.3. The number of carboxylic acid groups (broad SMARTS) is 1. The number of amides is 1. The highest BCUT2D eigenvalue weighted by molar-refractivity contribution is 7.99. The zero-order valence-corrected chi connectivity index (χ0v) is 23.8. The summed E-state index contributed by atoms with van der Waals surface area (Å²) in [5.41, 5.74) is 3.31. The summed E-state index contributed by atoms with van der Waals surface area (Å²) in [5.74, 6) is -1.34. The third-order valence-electron chi connectivity index (χ3n) is 6.80. The lowest BCUT2D eigenvalue weighted by Gasteiger charge is -2.41. The van der Waals surface area contributed by atoms with Crippen molar-refractivity contribution in [3.63, 3.8) is 0 Å². The highest BCUT2D eigenvalue weighted by Gasteiger charge is 2.38. The molecule has 0 saturated carbocycles. The Hall–Kier alpha value is -3.70. The molecule has 1 amide bonds. The molecule has 1 aliphatic heterocycles. The molecule has 41 heavy (non-hydrogen) atoms. The average Bonchev–Trinajstić information content (AvgIpc) is 2.97. The van der Waals surface area contributed by atoms with Crippen molar-refractivity contribution in [1.82, 2.24) is 0 Å². The van der Waals surface area contributed by atoms with Crippen molar-refractivity contribution in [3.8, 4) is 0 Å². The van der Waals surface area contributed by atoms with Gasteiger partial charge in [-0.1, -0.05) is 43.3 Å². The van der Waals surface area contributed by atoms with Crippen molar-refractivity contribution in [2.24, 2.45) is 5.92 Å². The van der Waals surface area contributed by atoms with Gasteiger partial charge < -0.3 is 29.7 Å². The first kappa shape index (κ1) is 30.3. The van der Waals surface area contributed by atoms with Crippen LogP contribution in [-0.4, -0.2) is 46.0 Å². The van der Waals surface area contributed by atoms with E-state index in [1.165, 1.54) is 13.8 Å². The molecule has 0 radical (unpaired) electrons. The van der Waals surface area contributed by atoms with Gasteiger partial charge in [-0.3, -0.25) is 9.59 Å². The van der Waals surface area contributed by atoms with Crippen molar-refractivity contribution in [2.45, 2.75) is 56.9 Å². The van der Waals surface area contributed by atoms with Gasteiger partial charge in [-0.05, 0) is 54.4 Å². The monoisotopic (exact) mass is 579 g/mol. The summed E-state index contributed by atoms with van der Waals surface area (Å²) in [5, 5.41) is 21.4. The van der Waals surface area contributed by atoms with Crippen molar-refractivity contribution < 1.29 is 38.8 Å². The Morgan fingerprint density at radius 3 is 2.17 bits per heavy atom. The molecule has 1 saturated heterocycles. The van der Waals surface area contributed by atoms with Gasteiger partial charge in [0.2, 0.25) is 0 Å². The molecule has 0 aromatic heterocycles. The van der Waals surface area contributed by atoms with Gasteiger partial charge in [0.15, 0.2) is 12.4 Å². The fourth-order valence-electron chi connectivity index (χ4n) is 4.45. The first-order valence-corrected chi connectivity index (χ1v) is 14.2. The number of anilines is 1. The predicted octanol–water partition coefficient (Wildman–Crippen LogP) is 5.35. The molecule has 5 atom stereocenters. The van der Waals surface area contributed by atoms with Crippen LogP contribution in [0.1, 0.15) is 60.2 Å². The Morgan fingerprint density at radius 2 is 1.59 bits per heavy atom. The summed E-state index contributed by atoms with van der Waals surface area (Å²) >= 11 is 1.58. The van der Waals surface area contributed by atoms with E-state index in [0.29, 0.717) is 11.4 Å². The lowest BCUT2D eigenvalue weighted by molar-refractivity contribution is -0.268. The maximum Gasteiger partial charge on any atom is 0.335 e. The molecule has 1 heterocycles. The van der Waals surface area contributed by atoms with E-state index in [9.17, 15) is 24.6 Å². The number of aliphatic hydroxyl groups excluding tert-OH is 1. The normalized spacial score (nSPS) is 21.1. The largest absolute Gasteiger partial charge is 0.478 e. The maximum absolute atomic E-state index is 12.3. The first-order valence-electron chi connectivity index (χ1n) is 13.2. The van der Waals surface area contributed by atoms with E-state index in [1.807, 2.05) is 36.4 Å². The summed E-state index contributed by atoms with van der Waals surface area (Å²) in [6, 6.07) is 21.5. The Kier molecular flexibility index (Phi) is 10.2. The summed E-state index contributed by atoms with van der Waals surface area (Å²) in [7, 11) is 0. The Labute approximate surface area is 242 Å². The molecular formula is C31H33NO8S. The average molecular weight is 580 g/mol. The summed E-state index contributed by atoms with van der Waals surface area (Å²) in [4.78, 5) is 35.6. The first-order chi connectivity index (χ1) is 19.6. The number of aliphatic hydroxyl groups is 1. The minimum absolute atomic E-state index is 0.0154. The number of carbonyl (C=O) groups excluding carboxylic acids is 2. The number of nitrogens with one attached hydrogen (secondary N) is 1. The third-order valence-corrected chi connectivity index (χ3v) is 7.90. The van der Waals surface area contributed by atoms with Gasteiger partial charge in [-0.25, -0.2) is 4.79 Å². The minimum atomic E-state index is -0.967. The van der Waals surface area contributed by atoms with Crippen molar-refractivity contribution in [1.29, 1.82) is 0 Å². The van der Waals surface area contributed by atoms with E-state index in [0.717, 1.165) is 21.6 Å². The number of benzene rings is 3. The summed E-state index contributed by atoms with van der Waals surface area (Å²) in [6.07, 6.45) is -2.09. The van der Waals surface area contributed by atoms with Crippen molar-refractivity contribution in [2.75, 3.05) is 11.1 Å². The van der Waals surface area contributed by atoms with Gasteiger partial charge in [0.25, 0.3) is 5.91 Å². The second kappa shape index (κ2) is 13.8. The number of ether oxygens (including phenoxy) is 3. The van der Waals surface area contributed by atoms with Crippen LogP contribution >= 0.6 is 11.8 Å². The van der Waals surface area contributed by atoms with Crippen LogP contribution in [0.25, 0.3) is 0 Å². The lowest BCUT2D eigenvalue weighted by atomic mass is 9.91. The summed E-state index contributed by atoms with van der Waals surface area (Å²) in [6.45, 7) is 4.78. The van der Waals surface area contributed by atoms with E-state index in [4.69, 9.17) is 14.2 Å². The number of rotatable bonds is 10. The Bertz CT molecular complexity index is 1340. The minimum Gasteiger partial charge on any atom is -0.478 e. The lowest BCUT2D eigenvalue weighted by Crippen LogP contribution is -2.38. The number of aromatic carboxylic acids is 1. The zero-order chi connectivity index (χ0) is 29.5. The number of thioether (sulfide) groups is 1. The SMILES string of the molecule is CC(=O)O[C@@H](C)C(=O)Nc1ccc([C@@H]2O[C@H](CSc3ccc(C(=O)O)cc3)[C@H](C)[C@H](c3ccc(CO)cc3)O2)cc1. The number of esters is 1. The smallest absolute Gasteiger partial charge is 0.335 e. The van der Waals surface area contributed by atoms with Crippen molar-refractivity contribution in [3.05, 3.63) is 95.1 Å². The van der Waals surface area contributed by atoms with Crippen LogP contribution in [0.4, 0.5) is 5.69 Å². The Balaban J connectivity index is 1.51. The van der Waals surface area contributed by atoms with Gasteiger partial charge in [0.1, 0.15) is 0 Å². The molecule has 1 aliphatic rings. The quantitative estimate of drug-likeness (QED) is 0.215. The molecular weight excluding hydrogens is 546 g/mol. The van der Waals surface area contributed by atoms with Crippen LogP contribution in [-0.2, 0) is 30.4 Å². The van der Waals surface area contributed by atoms with E-state index in [-0.39, 0.29) is 30.3 Å². The second-order valence-corrected chi connectivity index (χ2v) is 10.9. The van der Waals surface area contributed by atoms with Crippen LogP contribution < -0.4 is 5.32 Å². The molecule has 216 valence electrons. The zero-order valence-electron chi connectivity index (χ0n) is 23.0. The molecule has 1 fully saturated rings. The molecule has 0 aliphatic carbocycles. The van der Waals surface area contributed by atoms with Crippen LogP contribution in [0.2, 0.25) is 0 Å². The third kappa shape index (κ3) is 7.95. The van der Waals surface area contributed by atoms with Gasteiger partial charge in [0, 0.05) is 34.7 Å². The fourth-order valence-corrected chi connectivity index (χ4v) is 5.52. The van der Waals surface area contributed by atoms with E-state index >= 15 is 0 Å². The highest BCUT2D eigenvalue weighted by atomic mass is 32.2. The van der Waals surface area contributed by atoms with E-state index in [1.54, 1.807) is 48.2 Å². The second-order valence-electron chi connectivity index (χ2n) is 9.83. The van der Waals surface area contributed by atoms with Gasteiger partial charge in [-0.2, -0.15) is 0 Å². The number of hydrogen-bond donors (Lipinski definition) is 3. The number of hydrogen-bond acceptors (Lipinski definition) is 8. The standard InChI is InChI=1S/C31H33NO8S/c1-18-27(17-41-26-14-10-23(11-15-26)30(36)37)39-31(40-28(18)22-6-4-21(16-33)5-7-22)24-8-12-25(13-9-24)32-29(35)19(2)38-20(3)34/h4-15,18-19,27-28,31,33H,16-17H2,1-3H3,(H,32,35)(H,36,37)/t18-,19-,27+,28+,31+/m0/s1. The highest BCUT2D eigenvalue weighted by Crippen LogP contribution is 2.43. The molecule has 0 unspecified atom stereocenters. The Morgan fingerprint density at radius 1 is 0.951 bits per heavy atom. The topological polar surface area (TPSA) is 131 Å². The number of carbonyl (C=O) groups is 3. The molecule has 3 N–H and O–H groups in total. The molecule has 0 spiro atoms. The number of carboxylic acids is 1. The van der Waals surface area contributed by atoms with Gasteiger partial charge in [0.05, 0.1) is 24.4 Å². The molecule has 4 rings (SSSR count). The molecule has 3 aromatic rings. The molecule has 10 heteroatoms.